The van der Waals surface area contributed by atoms with Crippen LogP contribution in [0.1, 0.15) is 28.7 Å². The normalized spacial score (nSPS) is 21.8. The maximum atomic E-state index is 10.9. The van der Waals surface area contributed by atoms with Crippen LogP contribution in [0.3, 0.4) is 0 Å². The number of hydrogen-bond acceptors (Lipinski definition) is 4. The Balaban J connectivity index is 2.21. The number of amides is 1. The van der Waals surface area contributed by atoms with Crippen molar-refractivity contribution in [2.75, 3.05) is 20.1 Å². The van der Waals surface area contributed by atoms with Crippen LogP contribution in [-0.4, -0.2) is 40.9 Å². The third-order valence-electron chi connectivity index (χ3n) is 2.71. The molecule has 5 heteroatoms. The topological polar surface area (TPSA) is 72.1 Å². The van der Waals surface area contributed by atoms with E-state index in [-0.39, 0.29) is 5.82 Å². The van der Waals surface area contributed by atoms with Crippen molar-refractivity contribution >= 4 is 5.91 Å². The predicted octanol–water partition coefficient (Wildman–Crippen LogP) is -0.00540. The SMILES string of the molecule is CN1CC[C@H](c2ccnc(C(N)=O)n2)C1. The summed E-state index contributed by atoms with van der Waals surface area (Å²) in [5.74, 6) is -0.0543. The molecule has 80 valence electrons. The van der Waals surface area contributed by atoms with E-state index in [0.29, 0.717) is 5.92 Å². The highest BCUT2D eigenvalue weighted by Crippen LogP contribution is 2.24. The molecular weight excluding hydrogens is 192 g/mol. The van der Waals surface area contributed by atoms with Crippen molar-refractivity contribution in [2.24, 2.45) is 5.73 Å². The van der Waals surface area contributed by atoms with Gasteiger partial charge in [0.1, 0.15) is 0 Å². The largest absolute Gasteiger partial charge is 0.363 e. The molecule has 1 aliphatic heterocycles. The van der Waals surface area contributed by atoms with Gasteiger partial charge in [-0.2, -0.15) is 0 Å². The van der Waals surface area contributed by atoms with Crippen molar-refractivity contribution in [1.29, 1.82) is 0 Å². The summed E-state index contributed by atoms with van der Waals surface area (Å²) in [6, 6.07) is 1.86. The van der Waals surface area contributed by atoms with Gasteiger partial charge in [0.05, 0.1) is 0 Å². The van der Waals surface area contributed by atoms with Crippen LogP contribution in [0.5, 0.6) is 0 Å². The van der Waals surface area contributed by atoms with E-state index in [4.69, 9.17) is 5.73 Å². The predicted molar refractivity (Wildman–Crippen MR) is 55.4 cm³/mol. The van der Waals surface area contributed by atoms with Crippen LogP contribution >= 0.6 is 0 Å². The summed E-state index contributed by atoms with van der Waals surface area (Å²) in [4.78, 5) is 21.2. The number of likely N-dealkylation sites (tertiary alicyclic amines) is 1. The fraction of sp³-hybridized carbons (Fsp3) is 0.500. The lowest BCUT2D eigenvalue weighted by atomic mass is 10.1. The lowest BCUT2D eigenvalue weighted by molar-refractivity contribution is 0.0990. The zero-order chi connectivity index (χ0) is 10.8. The summed E-state index contributed by atoms with van der Waals surface area (Å²) in [6.45, 7) is 2.05. The Morgan fingerprint density at radius 2 is 2.47 bits per heavy atom. The van der Waals surface area contributed by atoms with E-state index in [0.717, 1.165) is 25.2 Å². The Hall–Kier alpha value is -1.49. The summed E-state index contributed by atoms with van der Waals surface area (Å²) in [5, 5.41) is 0. The molecule has 1 aliphatic rings. The molecule has 1 atom stereocenters. The maximum Gasteiger partial charge on any atom is 0.286 e. The molecule has 2 rings (SSSR count). The minimum atomic E-state index is -0.566. The molecule has 0 saturated carbocycles. The van der Waals surface area contributed by atoms with Crippen LogP contribution in [0.25, 0.3) is 0 Å². The maximum absolute atomic E-state index is 10.9. The summed E-state index contributed by atoms with van der Waals surface area (Å²) >= 11 is 0. The van der Waals surface area contributed by atoms with Gasteiger partial charge in [-0.05, 0) is 26.1 Å². The van der Waals surface area contributed by atoms with E-state index in [1.165, 1.54) is 0 Å². The van der Waals surface area contributed by atoms with Crippen LogP contribution in [0.4, 0.5) is 0 Å². The van der Waals surface area contributed by atoms with Crippen LogP contribution in [0.15, 0.2) is 12.3 Å². The van der Waals surface area contributed by atoms with Crippen LogP contribution in [0, 0.1) is 0 Å². The highest BCUT2D eigenvalue weighted by atomic mass is 16.1. The van der Waals surface area contributed by atoms with E-state index >= 15 is 0 Å². The van der Waals surface area contributed by atoms with Gasteiger partial charge in [-0.15, -0.1) is 0 Å². The number of rotatable bonds is 2. The first kappa shape index (κ1) is 10.0. The zero-order valence-corrected chi connectivity index (χ0v) is 8.68. The summed E-state index contributed by atoms with van der Waals surface area (Å²) in [5.41, 5.74) is 6.05. The van der Waals surface area contributed by atoms with Gasteiger partial charge in [0.15, 0.2) is 0 Å². The Kier molecular flexibility index (Phi) is 2.64. The highest BCUT2D eigenvalue weighted by molar-refractivity contribution is 5.88. The molecule has 1 aromatic rings. The quantitative estimate of drug-likeness (QED) is 0.739. The van der Waals surface area contributed by atoms with Gasteiger partial charge in [0, 0.05) is 24.4 Å². The Morgan fingerprint density at radius 3 is 3.07 bits per heavy atom. The third-order valence-corrected chi connectivity index (χ3v) is 2.71. The molecule has 5 nitrogen and oxygen atoms in total. The number of carbonyl (C=O) groups excluding carboxylic acids is 1. The minimum Gasteiger partial charge on any atom is -0.363 e. The van der Waals surface area contributed by atoms with E-state index in [2.05, 4.69) is 21.9 Å². The number of nitrogens with zero attached hydrogens (tertiary/aromatic N) is 3. The molecule has 1 aromatic heterocycles. The summed E-state index contributed by atoms with van der Waals surface area (Å²) in [6.07, 6.45) is 2.67. The second-order valence-corrected chi connectivity index (χ2v) is 3.92. The molecule has 0 radical (unpaired) electrons. The molecule has 2 heterocycles. The first-order valence-electron chi connectivity index (χ1n) is 4.98. The average Bonchev–Trinajstić information content (AvgIpc) is 2.65. The smallest absolute Gasteiger partial charge is 0.286 e. The Bertz CT molecular complexity index is 379. The van der Waals surface area contributed by atoms with Gasteiger partial charge in [-0.25, -0.2) is 9.97 Å². The van der Waals surface area contributed by atoms with Crippen molar-refractivity contribution in [1.82, 2.24) is 14.9 Å². The number of hydrogen-bond donors (Lipinski definition) is 1. The molecule has 1 fully saturated rings. The third kappa shape index (κ3) is 2.12. The summed E-state index contributed by atoms with van der Waals surface area (Å²) < 4.78 is 0. The standard InChI is InChI=1S/C10H14N4O/c1-14-5-3-7(6-14)8-2-4-12-10(13-8)9(11)15/h2,4,7H,3,5-6H2,1H3,(H2,11,15)/t7-/m0/s1. The fourth-order valence-electron chi connectivity index (χ4n) is 1.90. The highest BCUT2D eigenvalue weighted by Gasteiger charge is 2.22. The van der Waals surface area contributed by atoms with Gasteiger partial charge in [0.2, 0.25) is 5.82 Å². The van der Waals surface area contributed by atoms with Crippen LogP contribution in [0.2, 0.25) is 0 Å². The molecule has 0 aliphatic carbocycles. The molecule has 2 N–H and O–H groups in total. The van der Waals surface area contributed by atoms with Crippen molar-refractivity contribution in [3.8, 4) is 0 Å². The lowest BCUT2D eigenvalue weighted by Crippen LogP contribution is -2.18. The number of primary amides is 1. The van der Waals surface area contributed by atoms with E-state index in [1.54, 1.807) is 6.20 Å². The fourth-order valence-corrected chi connectivity index (χ4v) is 1.90. The van der Waals surface area contributed by atoms with E-state index in [1.807, 2.05) is 6.07 Å². The van der Waals surface area contributed by atoms with E-state index in [9.17, 15) is 4.79 Å². The van der Waals surface area contributed by atoms with Gasteiger partial charge in [0.25, 0.3) is 5.91 Å². The summed E-state index contributed by atoms with van der Waals surface area (Å²) in [7, 11) is 2.08. The number of likely N-dealkylation sites (N-methyl/N-ethyl adjacent to an activating group) is 1. The molecular formula is C10H14N4O. The first-order valence-corrected chi connectivity index (χ1v) is 4.98. The van der Waals surface area contributed by atoms with Gasteiger partial charge >= 0.3 is 0 Å². The zero-order valence-electron chi connectivity index (χ0n) is 8.68. The first-order chi connectivity index (χ1) is 7.16. The molecule has 0 bridgehead atoms. The second kappa shape index (κ2) is 3.94. The van der Waals surface area contributed by atoms with Gasteiger partial charge in [-0.1, -0.05) is 0 Å². The van der Waals surface area contributed by atoms with Crippen LogP contribution < -0.4 is 5.73 Å². The monoisotopic (exact) mass is 206 g/mol. The lowest BCUT2D eigenvalue weighted by Gasteiger charge is -2.09. The van der Waals surface area contributed by atoms with Crippen LogP contribution in [-0.2, 0) is 0 Å². The molecule has 0 aromatic carbocycles. The molecule has 15 heavy (non-hydrogen) atoms. The van der Waals surface area contributed by atoms with E-state index < -0.39 is 5.91 Å². The Morgan fingerprint density at radius 1 is 1.67 bits per heavy atom. The van der Waals surface area contributed by atoms with Gasteiger partial charge < -0.3 is 10.6 Å². The number of carbonyl (C=O) groups is 1. The van der Waals surface area contributed by atoms with Crippen molar-refractivity contribution in [3.05, 3.63) is 23.8 Å². The minimum absolute atomic E-state index is 0.113. The van der Waals surface area contributed by atoms with Crippen molar-refractivity contribution in [3.63, 3.8) is 0 Å². The molecule has 1 amide bonds. The number of nitrogens with two attached hydrogens (primary N) is 1. The van der Waals surface area contributed by atoms with Crippen molar-refractivity contribution in [2.45, 2.75) is 12.3 Å². The molecule has 1 saturated heterocycles. The Labute approximate surface area is 88.3 Å². The second-order valence-electron chi connectivity index (χ2n) is 3.92. The number of aromatic nitrogens is 2. The molecule has 0 unspecified atom stereocenters. The average molecular weight is 206 g/mol. The van der Waals surface area contributed by atoms with Crippen molar-refractivity contribution < 1.29 is 4.79 Å². The molecule has 0 spiro atoms. The van der Waals surface area contributed by atoms with Gasteiger partial charge in [-0.3, -0.25) is 4.79 Å².